The monoisotopic (exact) mass is 811 g/mol. The molecule has 0 aromatic rings. The average molecular weight is 811 g/mol. The normalized spacial score (nSPS) is 13.3. The predicted octanol–water partition coefficient (Wildman–Crippen LogP) is 2.03. The van der Waals surface area contributed by atoms with Gasteiger partial charge in [0.25, 0.3) is 0 Å². The van der Waals surface area contributed by atoms with E-state index < -0.39 is 5.41 Å². The molecule has 0 aliphatic carbocycles. The maximum absolute atomic E-state index is 12.4. The smallest absolute Gasteiger partial charge is 0.222 e. The fraction of sp³-hybridized carbons (Fsp3) is 0.897. The molecule has 1 atom stereocenters. The van der Waals surface area contributed by atoms with Crippen molar-refractivity contribution in [2.75, 3.05) is 138 Å². The van der Waals surface area contributed by atoms with Crippen LogP contribution in [0.1, 0.15) is 80.6 Å². The number of hydrogen-bond donors (Lipinski definition) is 4. The Morgan fingerprint density at radius 3 is 1.02 bits per heavy atom. The Hall–Kier alpha value is -2.48. The quantitative estimate of drug-likeness (QED) is 0.0518. The van der Waals surface area contributed by atoms with Crippen molar-refractivity contribution in [3.63, 3.8) is 0 Å². The summed E-state index contributed by atoms with van der Waals surface area (Å²) in [6, 6.07) is 0. The molecule has 1 rings (SSSR count). The molecule has 0 saturated carbocycles. The summed E-state index contributed by atoms with van der Waals surface area (Å²) in [5, 5.41) is 11.3. The fourth-order valence-electron chi connectivity index (χ4n) is 4.59. The molecule has 4 amide bonds. The number of carbonyl (C=O) groups excluding carboxylic acids is 4. The third-order valence-corrected chi connectivity index (χ3v) is 7.55. The van der Waals surface area contributed by atoms with Crippen LogP contribution < -0.4 is 21.3 Å². The topological polar surface area (TPSA) is 203 Å². The van der Waals surface area contributed by atoms with E-state index in [1.165, 1.54) is 0 Å². The first kappa shape index (κ1) is 55.6. The van der Waals surface area contributed by atoms with E-state index in [4.69, 9.17) is 42.6 Å². The third-order valence-electron chi connectivity index (χ3n) is 7.55. The predicted molar refractivity (Wildman–Crippen MR) is 214 cm³/mol. The third kappa shape index (κ3) is 34.7. The van der Waals surface area contributed by atoms with Crippen LogP contribution in [0.2, 0.25) is 0 Å². The van der Waals surface area contributed by atoms with E-state index in [0.717, 1.165) is 19.3 Å². The molecule has 17 nitrogen and oxygen atoms in total. The Balaban J connectivity index is 0. The number of rotatable bonds is 40. The van der Waals surface area contributed by atoms with Crippen molar-refractivity contribution in [1.29, 1.82) is 0 Å². The van der Waals surface area contributed by atoms with Crippen LogP contribution in [0.25, 0.3) is 0 Å². The van der Waals surface area contributed by atoms with Crippen molar-refractivity contribution in [3.05, 3.63) is 0 Å². The van der Waals surface area contributed by atoms with Gasteiger partial charge in [0.2, 0.25) is 23.6 Å². The molecule has 1 saturated heterocycles. The maximum Gasteiger partial charge on any atom is 0.222 e. The van der Waals surface area contributed by atoms with Crippen LogP contribution in [0.5, 0.6) is 0 Å². The molecule has 1 unspecified atom stereocenters. The fourth-order valence-corrected chi connectivity index (χ4v) is 4.59. The highest BCUT2D eigenvalue weighted by molar-refractivity contribution is 5.77. The summed E-state index contributed by atoms with van der Waals surface area (Å²) < 4.78 is 50.8. The van der Waals surface area contributed by atoms with E-state index in [0.29, 0.717) is 85.6 Å². The molecule has 1 heterocycles. The summed E-state index contributed by atoms with van der Waals surface area (Å²) in [4.78, 5) is 49.5. The summed E-state index contributed by atoms with van der Waals surface area (Å²) in [5.41, 5.74) is -0.880. The van der Waals surface area contributed by atoms with Gasteiger partial charge in [-0.25, -0.2) is 0 Å². The van der Waals surface area contributed by atoms with Gasteiger partial charge in [0, 0.05) is 71.7 Å². The number of amides is 4. The van der Waals surface area contributed by atoms with Crippen molar-refractivity contribution in [2.24, 2.45) is 5.41 Å². The van der Waals surface area contributed by atoms with Crippen molar-refractivity contribution in [2.45, 2.75) is 86.7 Å². The van der Waals surface area contributed by atoms with Crippen molar-refractivity contribution in [1.82, 2.24) is 21.3 Å². The Morgan fingerprint density at radius 2 is 0.750 bits per heavy atom. The number of epoxide rings is 1. The molecule has 0 aromatic heterocycles. The molecule has 0 spiro atoms. The lowest BCUT2D eigenvalue weighted by Crippen LogP contribution is -2.43. The first-order chi connectivity index (χ1) is 26.3. The molecule has 1 aliphatic heterocycles. The van der Waals surface area contributed by atoms with Crippen molar-refractivity contribution >= 4 is 23.6 Å². The molecule has 0 bridgehead atoms. The van der Waals surface area contributed by atoms with Crippen LogP contribution in [-0.2, 0) is 61.8 Å². The zero-order valence-electron chi connectivity index (χ0n) is 33.2. The minimum absolute atomic E-state index is 0. The zero-order valence-corrected chi connectivity index (χ0v) is 33.2. The molecule has 1 aliphatic rings. The molecule has 0 radical (unpaired) electrons. The first-order valence-electron chi connectivity index (χ1n) is 19.6. The molecule has 332 valence electrons. The number of carbonyl (C=O) groups is 4. The highest BCUT2D eigenvalue weighted by atomic mass is 16.6. The highest BCUT2D eigenvalue weighted by Gasteiger charge is 2.33. The summed E-state index contributed by atoms with van der Waals surface area (Å²) >= 11 is 0. The van der Waals surface area contributed by atoms with E-state index in [-0.39, 0.29) is 123 Å². The Labute approximate surface area is 336 Å². The van der Waals surface area contributed by atoms with E-state index in [2.05, 4.69) is 21.3 Å². The van der Waals surface area contributed by atoms with Gasteiger partial charge >= 0.3 is 0 Å². The van der Waals surface area contributed by atoms with Gasteiger partial charge in [-0.05, 0) is 19.3 Å². The van der Waals surface area contributed by atoms with E-state index >= 15 is 0 Å². The minimum Gasteiger partial charge on any atom is -0.380 e. The standard InChI is InChI=1S/C37H70N4O13.2CH4/c1-4-15-46-22-11-38-33(42)7-18-50-28-37(29-51-19-8-34(43)39-12-23-47-16-5-2,30-52-20-9-35(44)40-13-24-48-17-6-3)31-53-21-10-36(45)41-14-25-49-26-32-27-54-32;;/h32H,4-31H2,1-3H3,(H,38,42)(H,39,43)(H,40,44)(H,41,45);2*1H4. The van der Waals surface area contributed by atoms with E-state index in [1.54, 1.807) is 0 Å². The Bertz CT molecular complexity index is 876. The van der Waals surface area contributed by atoms with Gasteiger partial charge < -0.3 is 63.9 Å². The number of ether oxygens (including phenoxy) is 9. The van der Waals surface area contributed by atoms with Crippen LogP contribution in [0.3, 0.4) is 0 Å². The molecular formula is C39H78N4O13. The van der Waals surface area contributed by atoms with Crippen LogP contribution in [-0.4, -0.2) is 168 Å². The van der Waals surface area contributed by atoms with Gasteiger partial charge in [-0.1, -0.05) is 35.6 Å². The summed E-state index contributed by atoms with van der Waals surface area (Å²) in [6.45, 7) is 13.4. The summed E-state index contributed by atoms with van der Waals surface area (Å²) in [5.74, 6) is -0.684. The molecular weight excluding hydrogens is 732 g/mol. The molecule has 4 N–H and O–H groups in total. The molecule has 56 heavy (non-hydrogen) atoms. The van der Waals surface area contributed by atoms with Crippen LogP contribution >= 0.6 is 0 Å². The van der Waals surface area contributed by atoms with E-state index in [9.17, 15) is 19.2 Å². The van der Waals surface area contributed by atoms with Gasteiger partial charge in [-0.15, -0.1) is 0 Å². The van der Waals surface area contributed by atoms with Gasteiger partial charge in [-0.3, -0.25) is 19.2 Å². The SMILES string of the molecule is C.C.CCCOCCNC(=O)CCOCC(COCCC(=O)NCCOCCC)(COCCC(=O)NCCOCCC)COCCC(=O)NCCOCC1CO1. The van der Waals surface area contributed by atoms with Gasteiger partial charge in [0.1, 0.15) is 6.10 Å². The number of nitrogens with one attached hydrogen (secondary N) is 4. The maximum atomic E-state index is 12.4. The average Bonchev–Trinajstić information content (AvgIpc) is 3.99. The van der Waals surface area contributed by atoms with Crippen LogP contribution in [0, 0.1) is 5.41 Å². The summed E-state index contributed by atoms with van der Waals surface area (Å²) in [6.07, 6.45) is 3.41. The second kappa shape index (κ2) is 39.4. The zero-order chi connectivity index (χ0) is 39.4. The van der Waals surface area contributed by atoms with Crippen molar-refractivity contribution in [3.8, 4) is 0 Å². The molecule has 17 heteroatoms. The van der Waals surface area contributed by atoms with Crippen molar-refractivity contribution < 1.29 is 61.8 Å². The first-order valence-corrected chi connectivity index (χ1v) is 19.6. The Morgan fingerprint density at radius 1 is 0.464 bits per heavy atom. The lowest BCUT2D eigenvalue weighted by Gasteiger charge is -2.33. The highest BCUT2D eigenvalue weighted by Crippen LogP contribution is 2.21. The molecule has 0 aromatic carbocycles. The van der Waals surface area contributed by atoms with Gasteiger partial charge in [0.15, 0.2) is 0 Å². The second-order valence-electron chi connectivity index (χ2n) is 13.0. The van der Waals surface area contributed by atoms with Crippen LogP contribution in [0.4, 0.5) is 0 Å². The molecule has 1 fully saturated rings. The summed E-state index contributed by atoms with van der Waals surface area (Å²) in [7, 11) is 0. The lowest BCUT2D eigenvalue weighted by atomic mass is 9.92. The minimum atomic E-state index is -0.880. The van der Waals surface area contributed by atoms with Gasteiger partial charge in [-0.2, -0.15) is 0 Å². The van der Waals surface area contributed by atoms with E-state index in [1.807, 2.05) is 20.8 Å². The number of hydrogen-bond acceptors (Lipinski definition) is 13. The lowest BCUT2D eigenvalue weighted by molar-refractivity contribution is -0.129. The Kier molecular flexibility index (Phi) is 39.1. The second-order valence-corrected chi connectivity index (χ2v) is 13.0. The van der Waals surface area contributed by atoms with Gasteiger partial charge in [0.05, 0.1) is 97.9 Å². The van der Waals surface area contributed by atoms with Crippen LogP contribution in [0.15, 0.2) is 0 Å². The largest absolute Gasteiger partial charge is 0.380 e.